The van der Waals surface area contributed by atoms with Gasteiger partial charge in [0.1, 0.15) is 28.2 Å². The van der Waals surface area contributed by atoms with Crippen LogP contribution >= 0.6 is 11.3 Å². The second kappa shape index (κ2) is 9.00. The molecule has 0 aliphatic heterocycles. The summed E-state index contributed by atoms with van der Waals surface area (Å²) in [6.45, 7) is 4.54. The molecule has 0 spiro atoms. The molecule has 0 saturated heterocycles. The van der Waals surface area contributed by atoms with Gasteiger partial charge in [-0.15, -0.1) is 11.3 Å². The zero-order valence-electron chi connectivity index (χ0n) is 17.3. The quantitative estimate of drug-likeness (QED) is 0.537. The summed E-state index contributed by atoms with van der Waals surface area (Å²) < 4.78 is 13.0. The molecule has 2 aromatic heterocycles. The number of ether oxygens (including phenoxy) is 2. The minimum absolute atomic E-state index is 0.0146. The second-order valence-electron chi connectivity index (χ2n) is 7.81. The van der Waals surface area contributed by atoms with Gasteiger partial charge in [0, 0.05) is 0 Å². The number of hydrogen-bond donors (Lipinski definition) is 0. The Morgan fingerprint density at radius 1 is 1.23 bits per heavy atom. The zero-order chi connectivity index (χ0) is 21.1. The molecule has 0 amide bonds. The molecule has 1 aromatic carbocycles. The van der Waals surface area contributed by atoms with Gasteiger partial charge in [-0.05, 0) is 62.8 Å². The van der Waals surface area contributed by atoms with E-state index in [1.165, 1.54) is 28.7 Å². The van der Waals surface area contributed by atoms with Crippen LogP contribution in [0.5, 0.6) is 5.75 Å². The number of thiophene rings is 1. The predicted molar refractivity (Wildman–Crippen MR) is 118 cm³/mol. The highest BCUT2D eigenvalue weighted by Gasteiger charge is 2.24. The Balaban J connectivity index is 1.49. The van der Waals surface area contributed by atoms with E-state index in [2.05, 4.69) is 4.98 Å². The van der Waals surface area contributed by atoms with Crippen molar-refractivity contribution in [3.05, 3.63) is 57.0 Å². The van der Waals surface area contributed by atoms with Crippen molar-refractivity contribution in [3.63, 3.8) is 0 Å². The van der Waals surface area contributed by atoms with E-state index >= 15 is 0 Å². The van der Waals surface area contributed by atoms with Gasteiger partial charge in [-0.1, -0.05) is 18.6 Å². The Morgan fingerprint density at radius 2 is 2.03 bits per heavy atom. The molecule has 0 radical (unpaired) electrons. The first-order valence-corrected chi connectivity index (χ1v) is 11.2. The van der Waals surface area contributed by atoms with Crippen LogP contribution in [0.4, 0.5) is 0 Å². The molecule has 1 aliphatic rings. The lowest BCUT2D eigenvalue weighted by Gasteiger charge is -2.21. The Morgan fingerprint density at radius 3 is 2.80 bits per heavy atom. The molecule has 1 saturated carbocycles. The normalized spacial score (nSPS) is 14.7. The number of carbonyl (C=O) groups is 1. The average Bonchev–Trinajstić information content (AvgIpc) is 3.08. The molecule has 0 bridgehead atoms. The van der Waals surface area contributed by atoms with Gasteiger partial charge >= 0.3 is 5.97 Å². The molecule has 30 heavy (non-hydrogen) atoms. The molecule has 2 heterocycles. The fourth-order valence-electron chi connectivity index (χ4n) is 3.87. The maximum Gasteiger partial charge on any atom is 0.348 e. The van der Waals surface area contributed by atoms with E-state index < -0.39 is 0 Å². The third kappa shape index (κ3) is 4.41. The highest BCUT2D eigenvalue weighted by Crippen LogP contribution is 2.29. The maximum atomic E-state index is 13.0. The molecule has 158 valence electrons. The van der Waals surface area contributed by atoms with Gasteiger partial charge in [0.15, 0.2) is 0 Å². The van der Waals surface area contributed by atoms with Crippen molar-refractivity contribution in [2.45, 2.75) is 58.6 Å². The van der Waals surface area contributed by atoms with Crippen molar-refractivity contribution in [1.82, 2.24) is 9.55 Å². The van der Waals surface area contributed by atoms with Crippen LogP contribution in [0.2, 0.25) is 0 Å². The summed E-state index contributed by atoms with van der Waals surface area (Å²) in [5, 5.41) is 0.494. The van der Waals surface area contributed by atoms with Crippen molar-refractivity contribution in [2.75, 3.05) is 6.61 Å². The van der Waals surface area contributed by atoms with Crippen LogP contribution in [0.1, 0.15) is 52.9 Å². The number of benzene rings is 1. The number of aromatic nitrogens is 2. The topological polar surface area (TPSA) is 70.4 Å². The summed E-state index contributed by atoms with van der Waals surface area (Å²) >= 11 is 1.24. The van der Waals surface area contributed by atoms with Crippen LogP contribution in [-0.2, 0) is 11.3 Å². The number of aryl methyl sites for hydroxylation is 2. The lowest BCUT2D eigenvalue weighted by atomic mass is 9.98. The summed E-state index contributed by atoms with van der Waals surface area (Å²) in [6.07, 6.45) is 6.74. The molecule has 1 aliphatic carbocycles. The SMILES string of the molecule is Cc1cccc(OCCn2cnc3sc(C(=O)OC4CCCCC4)c(C)c3c2=O)c1. The second-order valence-corrected chi connectivity index (χ2v) is 8.81. The Kier molecular flexibility index (Phi) is 6.18. The Labute approximate surface area is 179 Å². The molecule has 6 nitrogen and oxygen atoms in total. The van der Waals surface area contributed by atoms with Crippen molar-refractivity contribution in [3.8, 4) is 5.75 Å². The molecular formula is C23H26N2O4S. The Hall–Kier alpha value is -2.67. The maximum absolute atomic E-state index is 13.0. The van der Waals surface area contributed by atoms with Crippen LogP contribution in [0.15, 0.2) is 35.4 Å². The molecule has 7 heteroatoms. The predicted octanol–water partition coefficient (Wildman–Crippen LogP) is 4.64. The molecule has 3 aromatic rings. The first-order valence-electron chi connectivity index (χ1n) is 10.4. The molecular weight excluding hydrogens is 400 g/mol. The summed E-state index contributed by atoms with van der Waals surface area (Å²) in [4.78, 5) is 31.1. The fourth-order valence-corrected chi connectivity index (χ4v) is 4.89. The summed E-state index contributed by atoms with van der Waals surface area (Å²) in [7, 11) is 0. The number of esters is 1. The van der Waals surface area contributed by atoms with Gasteiger partial charge in [-0.3, -0.25) is 9.36 Å². The van der Waals surface area contributed by atoms with Crippen molar-refractivity contribution < 1.29 is 14.3 Å². The van der Waals surface area contributed by atoms with Gasteiger partial charge < -0.3 is 9.47 Å². The van der Waals surface area contributed by atoms with E-state index in [0.29, 0.717) is 33.8 Å². The number of rotatable bonds is 6. The highest BCUT2D eigenvalue weighted by atomic mass is 32.1. The minimum atomic E-state index is -0.337. The molecule has 4 rings (SSSR count). The highest BCUT2D eigenvalue weighted by molar-refractivity contribution is 7.20. The van der Waals surface area contributed by atoms with Crippen LogP contribution in [0.3, 0.4) is 0 Å². The average molecular weight is 427 g/mol. The minimum Gasteiger partial charge on any atom is -0.492 e. The Bertz CT molecular complexity index is 1110. The lowest BCUT2D eigenvalue weighted by molar-refractivity contribution is 0.0216. The summed E-state index contributed by atoms with van der Waals surface area (Å²) in [5.74, 6) is 0.438. The van der Waals surface area contributed by atoms with Crippen LogP contribution in [0, 0.1) is 13.8 Å². The number of nitrogens with zero attached hydrogens (tertiary/aromatic N) is 2. The largest absolute Gasteiger partial charge is 0.492 e. The van der Waals surface area contributed by atoms with Gasteiger partial charge in [-0.2, -0.15) is 0 Å². The zero-order valence-corrected chi connectivity index (χ0v) is 18.2. The van der Waals surface area contributed by atoms with E-state index in [1.54, 1.807) is 6.92 Å². The van der Waals surface area contributed by atoms with E-state index in [4.69, 9.17) is 9.47 Å². The van der Waals surface area contributed by atoms with Crippen molar-refractivity contribution >= 4 is 27.5 Å². The summed E-state index contributed by atoms with van der Waals surface area (Å²) in [5.41, 5.74) is 1.62. The van der Waals surface area contributed by atoms with Crippen LogP contribution < -0.4 is 10.3 Å². The van der Waals surface area contributed by atoms with E-state index in [9.17, 15) is 9.59 Å². The molecule has 1 fully saturated rings. The van der Waals surface area contributed by atoms with Crippen molar-refractivity contribution in [1.29, 1.82) is 0 Å². The smallest absolute Gasteiger partial charge is 0.348 e. The third-order valence-corrected chi connectivity index (χ3v) is 6.70. The lowest BCUT2D eigenvalue weighted by Crippen LogP contribution is -2.23. The standard InChI is InChI=1S/C23H26N2O4S/c1-15-7-6-10-18(13-15)28-12-11-25-14-24-21-19(22(25)26)16(2)20(30-21)23(27)29-17-8-4-3-5-9-17/h6-7,10,13-14,17H,3-5,8-9,11-12H2,1-2H3. The van der Waals surface area contributed by atoms with Crippen molar-refractivity contribution in [2.24, 2.45) is 0 Å². The summed E-state index contributed by atoms with van der Waals surface area (Å²) in [6, 6.07) is 7.79. The van der Waals surface area contributed by atoms with E-state index in [-0.39, 0.29) is 17.6 Å². The van der Waals surface area contributed by atoms with Gasteiger partial charge in [0.25, 0.3) is 5.56 Å². The van der Waals surface area contributed by atoms with E-state index in [1.807, 2.05) is 31.2 Å². The third-order valence-electron chi connectivity index (χ3n) is 5.52. The van der Waals surface area contributed by atoms with E-state index in [0.717, 1.165) is 37.0 Å². The first kappa shape index (κ1) is 20.6. The molecule has 0 unspecified atom stereocenters. The van der Waals surface area contributed by atoms with Gasteiger partial charge in [0.2, 0.25) is 0 Å². The number of hydrogen-bond acceptors (Lipinski definition) is 6. The monoisotopic (exact) mass is 426 g/mol. The molecule has 0 atom stereocenters. The van der Waals surface area contributed by atoms with Crippen LogP contribution in [-0.4, -0.2) is 28.2 Å². The number of carbonyl (C=O) groups excluding carboxylic acids is 1. The van der Waals surface area contributed by atoms with Crippen LogP contribution in [0.25, 0.3) is 10.2 Å². The number of fused-ring (bicyclic) bond motifs is 1. The fraction of sp³-hybridized carbons (Fsp3) is 0.435. The molecule has 0 N–H and O–H groups in total. The van der Waals surface area contributed by atoms with Gasteiger partial charge in [-0.25, -0.2) is 9.78 Å². The first-order chi connectivity index (χ1) is 14.5. The van der Waals surface area contributed by atoms with Gasteiger partial charge in [0.05, 0.1) is 18.3 Å².